The summed E-state index contributed by atoms with van der Waals surface area (Å²) >= 11 is 11.9. The number of carbonyl (C=O) groups is 1. The van der Waals surface area contributed by atoms with E-state index in [1.165, 1.54) is 0 Å². The first-order chi connectivity index (χ1) is 8.95. The zero-order valence-corrected chi connectivity index (χ0v) is 13.1. The Kier molecular flexibility index (Phi) is 6.63. The van der Waals surface area contributed by atoms with Crippen LogP contribution in [0.15, 0.2) is 18.2 Å². The second kappa shape index (κ2) is 7.73. The van der Waals surface area contributed by atoms with Crippen molar-refractivity contribution in [3.63, 3.8) is 0 Å². The van der Waals surface area contributed by atoms with E-state index in [0.29, 0.717) is 23.0 Å². The summed E-state index contributed by atoms with van der Waals surface area (Å²) in [5, 5.41) is 0.975. The SMILES string of the molecule is CCC(=O)N(CCCN(C)C)c1ccc(Cl)c(Cl)c1. The maximum atomic E-state index is 12.0. The number of carbonyl (C=O) groups excluding carboxylic acids is 1. The molecule has 0 spiro atoms. The molecule has 0 aliphatic rings. The molecular formula is C14H20Cl2N2O. The predicted octanol–water partition coefficient (Wildman–Crippen LogP) is 3.69. The highest BCUT2D eigenvalue weighted by atomic mass is 35.5. The average Bonchev–Trinajstić information content (AvgIpc) is 2.37. The molecule has 0 saturated carbocycles. The number of hydrogen-bond donors (Lipinski definition) is 0. The molecule has 0 aliphatic carbocycles. The molecule has 0 saturated heterocycles. The summed E-state index contributed by atoms with van der Waals surface area (Å²) < 4.78 is 0. The molecule has 19 heavy (non-hydrogen) atoms. The lowest BCUT2D eigenvalue weighted by Gasteiger charge is -2.23. The summed E-state index contributed by atoms with van der Waals surface area (Å²) in [6.45, 7) is 3.48. The van der Waals surface area contributed by atoms with Gasteiger partial charge in [-0.1, -0.05) is 30.1 Å². The van der Waals surface area contributed by atoms with Crippen molar-refractivity contribution in [2.45, 2.75) is 19.8 Å². The average molecular weight is 303 g/mol. The first-order valence-corrected chi connectivity index (χ1v) is 7.11. The standard InChI is InChI=1S/C14H20Cl2N2O/c1-4-14(19)18(9-5-8-17(2)3)11-6-7-12(15)13(16)10-11/h6-7,10H,4-5,8-9H2,1-3H3. The maximum absolute atomic E-state index is 12.0. The van der Waals surface area contributed by atoms with Crippen LogP contribution in [0.4, 0.5) is 5.69 Å². The van der Waals surface area contributed by atoms with E-state index < -0.39 is 0 Å². The van der Waals surface area contributed by atoms with E-state index in [1.807, 2.05) is 27.1 Å². The van der Waals surface area contributed by atoms with Crippen LogP contribution in [0, 0.1) is 0 Å². The number of benzene rings is 1. The fraction of sp³-hybridized carbons (Fsp3) is 0.500. The van der Waals surface area contributed by atoms with Gasteiger partial charge in [0.25, 0.3) is 0 Å². The van der Waals surface area contributed by atoms with Gasteiger partial charge in [-0.15, -0.1) is 0 Å². The van der Waals surface area contributed by atoms with Crippen LogP contribution in [0.3, 0.4) is 0 Å². The number of amides is 1. The molecule has 1 aromatic carbocycles. The molecule has 3 nitrogen and oxygen atoms in total. The quantitative estimate of drug-likeness (QED) is 0.800. The molecule has 0 aliphatic heterocycles. The van der Waals surface area contributed by atoms with Gasteiger partial charge in [0.1, 0.15) is 0 Å². The molecule has 0 bridgehead atoms. The summed E-state index contributed by atoms with van der Waals surface area (Å²) in [5.74, 6) is 0.0946. The summed E-state index contributed by atoms with van der Waals surface area (Å²) in [4.78, 5) is 15.9. The molecule has 0 atom stereocenters. The smallest absolute Gasteiger partial charge is 0.226 e. The Morgan fingerprint density at radius 1 is 1.16 bits per heavy atom. The minimum Gasteiger partial charge on any atom is -0.312 e. The Balaban J connectivity index is 2.83. The van der Waals surface area contributed by atoms with Crippen molar-refractivity contribution in [2.24, 2.45) is 0 Å². The van der Waals surface area contributed by atoms with E-state index in [9.17, 15) is 4.79 Å². The normalized spacial score (nSPS) is 10.8. The number of halogens is 2. The second-order valence-electron chi connectivity index (χ2n) is 4.65. The Morgan fingerprint density at radius 2 is 1.84 bits per heavy atom. The minimum atomic E-state index is 0.0946. The maximum Gasteiger partial charge on any atom is 0.226 e. The molecule has 0 heterocycles. The summed E-state index contributed by atoms with van der Waals surface area (Å²) in [6, 6.07) is 5.30. The van der Waals surface area contributed by atoms with Crippen LogP contribution < -0.4 is 4.90 Å². The van der Waals surface area contributed by atoms with Crippen LogP contribution in [0.5, 0.6) is 0 Å². The van der Waals surface area contributed by atoms with Crippen LogP contribution in [-0.2, 0) is 4.79 Å². The van der Waals surface area contributed by atoms with Gasteiger partial charge < -0.3 is 9.80 Å². The van der Waals surface area contributed by atoms with Gasteiger partial charge in [0.15, 0.2) is 0 Å². The Morgan fingerprint density at radius 3 is 2.37 bits per heavy atom. The van der Waals surface area contributed by atoms with Gasteiger partial charge >= 0.3 is 0 Å². The summed E-state index contributed by atoms with van der Waals surface area (Å²) in [6.07, 6.45) is 1.39. The minimum absolute atomic E-state index is 0.0946. The predicted molar refractivity (Wildman–Crippen MR) is 82.3 cm³/mol. The van der Waals surface area contributed by atoms with Gasteiger partial charge in [-0.25, -0.2) is 0 Å². The monoisotopic (exact) mass is 302 g/mol. The third kappa shape index (κ3) is 5.01. The van der Waals surface area contributed by atoms with E-state index in [4.69, 9.17) is 23.2 Å². The van der Waals surface area contributed by atoms with Crippen molar-refractivity contribution < 1.29 is 4.79 Å². The Bertz CT molecular complexity index is 435. The van der Waals surface area contributed by atoms with Gasteiger partial charge in [-0.3, -0.25) is 4.79 Å². The molecule has 106 valence electrons. The highest BCUT2D eigenvalue weighted by Crippen LogP contribution is 2.27. The summed E-state index contributed by atoms with van der Waals surface area (Å²) in [7, 11) is 4.04. The van der Waals surface area contributed by atoms with Crippen molar-refractivity contribution in [1.82, 2.24) is 4.90 Å². The van der Waals surface area contributed by atoms with Crippen molar-refractivity contribution >= 4 is 34.8 Å². The largest absolute Gasteiger partial charge is 0.312 e. The first-order valence-electron chi connectivity index (χ1n) is 6.35. The van der Waals surface area contributed by atoms with Crippen molar-refractivity contribution in [3.05, 3.63) is 28.2 Å². The zero-order valence-electron chi connectivity index (χ0n) is 11.6. The molecule has 1 aromatic rings. The van der Waals surface area contributed by atoms with Crippen LogP contribution in [0.2, 0.25) is 10.0 Å². The molecule has 0 unspecified atom stereocenters. The van der Waals surface area contributed by atoms with E-state index in [1.54, 1.807) is 17.0 Å². The van der Waals surface area contributed by atoms with Gasteiger partial charge in [-0.05, 0) is 45.3 Å². The number of rotatable bonds is 6. The zero-order chi connectivity index (χ0) is 14.4. The number of hydrogen-bond acceptors (Lipinski definition) is 2. The molecule has 0 radical (unpaired) electrons. The van der Waals surface area contributed by atoms with E-state index in [-0.39, 0.29) is 5.91 Å². The van der Waals surface area contributed by atoms with Gasteiger partial charge in [0.05, 0.1) is 10.0 Å². The van der Waals surface area contributed by atoms with Gasteiger partial charge in [0.2, 0.25) is 5.91 Å². The summed E-state index contributed by atoms with van der Waals surface area (Å²) in [5.41, 5.74) is 0.806. The lowest BCUT2D eigenvalue weighted by molar-refractivity contribution is -0.118. The lowest BCUT2D eigenvalue weighted by Crippen LogP contribution is -2.32. The fourth-order valence-corrected chi connectivity index (χ4v) is 2.08. The van der Waals surface area contributed by atoms with E-state index in [2.05, 4.69) is 4.90 Å². The van der Waals surface area contributed by atoms with E-state index >= 15 is 0 Å². The topological polar surface area (TPSA) is 23.6 Å². The fourth-order valence-electron chi connectivity index (χ4n) is 1.79. The van der Waals surface area contributed by atoms with Crippen LogP contribution >= 0.6 is 23.2 Å². The molecule has 5 heteroatoms. The van der Waals surface area contributed by atoms with Crippen molar-refractivity contribution in [2.75, 3.05) is 32.1 Å². The molecule has 1 amide bonds. The van der Waals surface area contributed by atoms with Crippen molar-refractivity contribution in [3.8, 4) is 0 Å². The lowest BCUT2D eigenvalue weighted by atomic mass is 10.2. The molecule has 0 fully saturated rings. The number of nitrogens with zero attached hydrogens (tertiary/aromatic N) is 2. The third-order valence-electron chi connectivity index (χ3n) is 2.81. The number of anilines is 1. The molecular weight excluding hydrogens is 283 g/mol. The Labute approximate surface area is 125 Å². The second-order valence-corrected chi connectivity index (χ2v) is 5.47. The van der Waals surface area contributed by atoms with Gasteiger partial charge in [-0.2, -0.15) is 0 Å². The first kappa shape index (κ1) is 16.3. The van der Waals surface area contributed by atoms with Crippen LogP contribution in [0.25, 0.3) is 0 Å². The molecule has 1 rings (SSSR count). The molecule has 0 aromatic heterocycles. The van der Waals surface area contributed by atoms with Gasteiger partial charge in [0, 0.05) is 18.7 Å². The van der Waals surface area contributed by atoms with E-state index in [0.717, 1.165) is 18.7 Å². The highest BCUT2D eigenvalue weighted by Gasteiger charge is 2.14. The third-order valence-corrected chi connectivity index (χ3v) is 3.54. The highest BCUT2D eigenvalue weighted by molar-refractivity contribution is 6.42. The van der Waals surface area contributed by atoms with Crippen LogP contribution in [0.1, 0.15) is 19.8 Å². The van der Waals surface area contributed by atoms with Crippen LogP contribution in [-0.4, -0.2) is 38.0 Å². The van der Waals surface area contributed by atoms with Crippen molar-refractivity contribution in [1.29, 1.82) is 0 Å². The molecule has 0 N–H and O–H groups in total. The Hall–Kier alpha value is -0.770.